The number of likely N-dealkylation sites (tertiary alicyclic amines) is 1. The van der Waals surface area contributed by atoms with Crippen LogP contribution in [0.4, 0.5) is 0 Å². The van der Waals surface area contributed by atoms with Crippen molar-refractivity contribution in [1.82, 2.24) is 14.5 Å². The highest BCUT2D eigenvalue weighted by Gasteiger charge is 2.24. The van der Waals surface area contributed by atoms with Gasteiger partial charge in [-0.1, -0.05) is 6.92 Å². The summed E-state index contributed by atoms with van der Waals surface area (Å²) in [7, 11) is 0. The highest BCUT2D eigenvalue weighted by molar-refractivity contribution is 5.85. The molecule has 1 saturated heterocycles. The van der Waals surface area contributed by atoms with Gasteiger partial charge in [0.25, 0.3) is 0 Å². The Morgan fingerprint density at radius 1 is 1.53 bits per heavy atom. The number of nitrogens with two attached hydrogens (primary N) is 1. The fourth-order valence-electron chi connectivity index (χ4n) is 2.49. The molecule has 1 amide bonds. The molecule has 1 aliphatic heterocycles. The third-order valence-corrected chi connectivity index (χ3v) is 3.38. The fraction of sp³-hybridized carbons (Fsp3) is 0.667. The van der Waals surface area contributed by atoms with Crippen LogP contribution in [0.1, 0.15) is 31.6 Å². The lowest BCUT2D eigenvalue weighted by molar-refractivity contribution is -0.131. The van der Waals surface area contributed by atoms with Gasteiger partial charge in [-0.15, -0.1) is 24.8 Å². The molecule has 0 radical (unpaired) electrons. The van der Waals surface area contributed by atoms with E-state index in [2.05, 4.69) is 16.5 Å². The standard InChI is InChI=1S/C12H20N4O.2ClH/c1-2-11-14-5-7-16(11)10-4-3-6-15(9-10)12(17)8-13;;/h5,7,10H,2-4,6,8-9,13H2,1H3;2*1H. The summed E-state index contributed by atoms with van der Waals surface area (Å²) in [6.45, 7) is 3.81. The van der Waals surface area contributed by atoms with Crippen molar-refractivity contribution in [3.05, 3.63) is 18.2 Å². The molecule has 2 N–H and O–H groups in total. The molecule has 1 aromatic rings. The smallest absolute Gasteiger partial charge is 0.236 e. The van der Waals surface area contributed by atoms with Crippen molar-refractivity contribution < 1.29 is 4.79 Å². The number of amides is 1. The van der Waals surface area contributed by atoms with Gasteiger partial charge >= 0.3 is 0 Å². The Balaban J connectivity index is 0.00000162. The van der Waals surface area contributed by atoms with Gasteiger partial charge in [0.2, 0.25) is 5.91 Å². The van der Waals surface area contributed by atoms with E-state index in [0.29, 0.717) is 6.04 Å². The summed E-state index contributed by atoms with van der Waals surface area (Å²) < 4.78 is 2.20. The lowest BCUT2D eigenvalue weighted by Gasteiger charge is -2.33. The second-order valence-electron chi connectivity index (χ2n) is 4.44. The zero-order valence-electron chi connectivity index (χ0n) is 11.1. The Hall–Kier alpha value is -0.780. The van der Waals surface area contributed by atoms with Crippen LogP contribution in [0.5, 0.6) is 0 Å². The molecule has 2 heterocycles. The molecule has 5 nitrogen and oxygen atoms in total. The van der Waals surface area contributed by atoms with Gasteiger partial charge in [-0.3, -0.25) is 4.79 Å². The average Bonchev–Trinajstić information content (AvgIpc) is 2.86. The van der Waals surface area contributed by atoms with Crippen LogP contribution >= 0.6 is 24.8 Å². The topological polar surface area (TPSA) is 64.2 Å². The molecule has 0 bridgehead atoms. The number of aromatic nitrogens is 2. The van der Waals surface area contributed by atoms with Gasteiger partial charge in [-0.25, -0.2) is 4.98 Å². The molecule has 0 aliphatic carbocycles. The van der Waals surface area contributed by atoms with Crippen LogP contribution in [0.25, 0.3) is 0 Å². The first kappa shape index (κ1) is 18.2. The molecule has 1 atom stereocenters. The Kier molecular flexibility index (Phi) is 8.06. The average molecular weight is 309 g/mol. The highest BCUT2D eigenvalue weighted by Crippen LogP contribution is 2.22. The Morgan fingerprint density at radius 2 is 2.26 bits per heavy atom. The maximum absolute atomic E-state index is 11.6. The lowest BCUT2D eigenvalue weighted by Crippen LogP contribution is -2.43. The van der Waals surface area contributed by atoms with Crippen LogP contribution in [-0.2, 0) is 11.2 Å². The summed E-state index contributed by atoms with van der Waals surface area (Å²) in [5, 5.41) is 0. The van der Waals surface area contributed by atoms with Crippen LogP contribution in [0.2, 0.25) is 0 Å². The molecular formula is C12H22Cl2N4O. The summed E-state index contributed by atoms with van der Waals surface area (Å²) >= 11 is 0. The number of halogens is 2. The van der Waals surface area contributed by atoms with Crippen LogP contribution in [0.15, 0.2) is 12.4 Å². The summed E-state index contributed by atoms with van der Waals surface area (Å²) in [4.78, 5) is 17.8. The van der Waals surface area contributed by atoms with Crippen LogP contribution in [0.3, 0.4) is 0 Å². The molecule has 1 aromatic heterocycles. The minimum absolute atomic E-state index is 0. The van der Waals surface area contributed by atoms with Gasteiger partial charge in [0, 0.05) is 31.9 Å². The van der Waals surface area contributed by atoms with Gasteiger partial charge in [-0.2, -0.15) is 0 Å². The highest BCUT2D eigenvalue weighted by atomic mass is 35.5. The molecule has 0 aromatic carbocycles. The van der Waals surface area contributed by atoms with Gasteiger partial charge in [-0.05, 0) is 12.8 Å². The number of carbonyl (C=O) groups excluding carboxylic acids is 1. The largest absolute Gasteiger partial charge is 0.340 e. The van der Waals surface area contributed by atoms with Crippen molar-refractivity contribution in [2.75, 3.05) is 19.6 Å². The van der Waals surface area contributed by atoms with Crippen molar-refractivity contribution in [3.8, 4) is 0 Å². The third-order valence-electron chi connectivity index (χ3n) is 3.38. The van der Waals surface area contributed by atoms with E-state index < -0.39 is 0 Å². The molecule has 7 heteroatoms. The van der Waals surface area contributed by atoms with Crippen LogP contribution in [0, 0.1) is 0 Å². The van der Waals surface area contributed by atoms with Gasteiger partial charge in [0.1, 0.15) is 5.82 Å². The van der Waals surface area contributed by atoms with E-state index in [1.165, 1.54) is 0 Å². The van der Waals surface area contributed by atoms with Crippen molar-refractivity contribution in [2.24, 2.45) is 5.73 Å². The number of imidazole rings is 1. The van der Waals surface area contributed by atoms with E-state index in [1.54, 1.807) is 0 Å². The van der Waals surface area contributed by atoms with Gasteiger partial charge in [0.15, 0.2) is 0 Å². The fourth-order valence-corrected chi connectivity index (χ4v) is 2.49. The van der Waals surface area contributed by atoms with E-state index in [-0.39, 0.29) is 37.3 Å². The molecule has 110 valence electrons. The monoisotopic (exact) mass is 308 g/mol. The van der Waals surface area contributed by atoms with E-state index in [1.807, 2.05) is 17.3 Å². The predicted molar refractivity (Wildman–Crippen MR) is 80.0 cm³/mol. The number of aryl methyl sites for hydroxylation is 1. The normalized spacial score (nSPS) is 18.4. The SMILES string of the molecule is CCc1nccn1C1CCCN(C(=O)CN)C1.Cl.Cl. The van der Waals surface area contributed by atoms with E-state index >= 15 is 0 Å². The lowest BCUT2D eigenvalue weighted by atomic mass is 10.1. The molecule has 0 saturated carbocycles. The number of piperidine rings is 1. The third kappa shape index (κ3) is 4.09. The summed E-state index contributed by atoms with van der Waals surface area (Å²) in [5.41, 5.74) is 5.41. The number of hydrogen-bond acceptors (Lipinski definition) is 3. The zero-order valence-corrected chi connectivity index (χ0v) is 12.8. The second kappa shape index (κ2) is 8.40. The molecule has 0 spiro atoms. The quantitative estimate of drug-likeness (QED) is 0.918. The summed E-state index contributed by atoms with van der Waals surface area (Å²) in [6.07, 6.45) is 6.92. The molecule has 19 heavy (non-hydrogen) atoms. The van der Waals surface area contributed by atoms with Crippen molar-refractivity contribution in [3.63, 3.8) is 0 Å². The second-order valence-corrected chi connectivity index (χ2v) is 4.44. The first-order valence-corrected chi connectivity index (χ1v) is 6.25. The van der Waals surface area contributed by atoms with Crippen LogP contribution < -0.4 is 5.73 Å². The minimum atomic E-state index is 0. The van der Waals surface area contributed by atoms with E-state index in [4.69, 9.17) is 5.73 Å². The summed E-state index contributed by atoms with van der Waals surface area (Å²) in [6, 6.07) is 0.358. The number of hydrogen-bond donors (Lipinski definition) is 1. The summed E-state index contributed by atoms with van der Waals surface area (Å²) in [5.74, 6) is 1.14. The van der Waals surface area contributed by atoms with E-state index in [9.17, 15) is 4.79 Å². The van der Waals surface area contributed by atoms with Crippen LogP contribution in [-0.4, -0.2) is 40.0 Å². The van der Waals surface area contributed by atoms with E-state index in [0.717, 1.165) is 38.2 Å². The molecule has 2 rings (SSSR count). The molecular weight excluding hydrogens is 287 g/mol. The Labute approximate surface area is 126 Å². The van der Waals surface area contributed by atoms with Crippen molar-refractivity contribution in [2.45, 2.75) is 32.2 Å². The number of carbonyl (C=O) groups is 1. The Bertz CT molecular complexity index is 397. The van der Waals surface area contributed by atoms with Crippen molar-refractivity contribution >= 4 is 30.7 Å². The maximum Gasteiger partial charge on any atom is 0.236 e. The Morgan fingerprint density at radius 3 is 2.89 bits per heavy atom. The van der Waals surface area contributed by atoms with Gasteiger partial charge in [0.05, 0.1) is 12.6 Å². The van der Waals surface area contributed by atoms with Gasteiger partial charge < -0.3 is 15.2 Å². The minimum Gasteiger partial charge on any atom is -0.340 e. The first-order valence-electron chi connectivity index (χ1n) is 6.25. The molecule has 1 unspecified atom stereocenters. The predicted octanol–water partition coefficient (Wildman–Crippen LogP) is 1.41. The molecule has 1 fully saturated rings. The van der Waals surface area contributed by atoms with Crippen molar-refractivity contribution in [1.29, 1.82) is 0 Å². The maximum atomic E-state index is 11.6. The number of nitrogens with zero attached hydrogens (tertiary/aromatic N) is 3. The molecule has 1 aliphatic rings. The zero-order chi connectivity index (χ0) is 12.3. The first-order chi connectivity index (χ1) is 8.26. The number of rotatable bonds is 3.